The van der Waals surface area contributed by atoms with Crippen molar-refractivity contribution in [1.29, 1.82) is 0 Å². The van der Waals surface area contributed by atoms with Gasteiger partial charge >= 0.3 is 6.18 Å². The van der Waals surface area contributed by atoms with Crippen LogP contribution in [0.1, 0.15) is 23.7 Å². The number of piperazine rings is 1. The summed E-state index contributed by atoms with van der Waals surface area (Å²) < 4.78 is 42.7. The van der Waals surface area contributed by atoms with Crippen LogP contribution in [0.3, 0.4) is 0 Å². The van der Waals surface area contributed by atoms with E-state index in [2.05, 4.69) is 22.1 Å². The lowest BCUT2D eigenvalue weighted by atomic mass is 10.0. The van der Waals surface area contributed by atoms with Gasteiger partial charge in [0, 0.05) is 56.0 Å². The van der Waals surface area contributed by atoms with Crippen LogP contribution in [0, 0.1) is 6.92 Å². The van der Waals surface area contributed by atoms with Crippen molar-refractivity contribution in [2.24, 2.45) is 0 Å². The van der Waals surface area contributed by atoms with Crippen molar-refractivity contribution in [3.63, 3.8) is 0 Å². The predicted octanol–water partition coefficient (Wildman–Crippen LogP) is 4.03. The summed E-state index contributed by atoms with van der Waals surface area (Å²) in [7, 11) is 0. The van der Waals surface area contributed by atoms with Gasteiger partial charge in [-0.3, -0.25) is 9.69 Å². The van der Waals surface area contributed by atoms with Crippen molar-refractivity contribution in [3.8, 4) is 0 Å². The number of halogens is 3. The number of aryl methyl sites for hydroxylation is 1. The van der Waals surface area contributed by atoms with Gasteiger partial charge in [0.2, 0.25) is 0 Å². The molecule has 6 nitrogen and oxygen atoms in total. The fraction of sp³-hybridized carbons (Fsp3) is 0.280. The highest BCUT2D eigenvalue weighted by Gasteiger charge is 2.35. The summed E-state index contributed by atoms with van der Waals surface area (Å²) in [6.45, 7) is 6.26. The Bertz CT molecular complexity index is 1310. The number of fused-ring (bicyclic) bond motifs is 2. The molecule has 0 aromatic carbocycles. The third-order valence-electron chi connectivity index (χ3n) is 6.07. The number of hydrogen-bond acceptors (Lipinski definition) is 4. The average Bonchev–Trinajstić information content (AvgIpc) is 3.15. The molecule has 176 valence electrons. The van der Waals surface area contributed by atoms with Crippen LogP contribution in [0.25, 0.3) is 11.2 Å². The molecule has 1 N–H and O–H groups in total. The number of amides is 1. The Labute approximate surface area is 195 Å². The minimum absolute atomic E-state index is 0.156. The van der Waals surface area contributed by atoms with E-state index in [-0.39, 0.29) is 17.1 Å². The summed E-state index contributed by atoms with van der Waals surface area (Å²) >= 11 is 0. The Morgan fingerprint density at radius 3 is 2.71 bits per heavy atom. The SMILES string of the molecule is Cc1cn2cc(C3=C\C(=O)N4C=C(N5CCN[C@@H](C)C5)C=C\C4=C/C=C/3)cc(C(F)(F)F)c2n1. The van der Waals surface area contributed by atoms with Crippen molar-refractivity contribution in [2.75, 3.05) is 19.6 Å². The van der Waals surface area contributed by atoms with E-state index in [1.807, 2.05) is 12.2 Å². The van der Waals surface area contributed by atoms with Gasteiger partial charge in [0.15, 0.2) is 0 Å². The minimum Gasteiger partial charge on any atom is -0.368 e. The summed E-state index contributed by atoms with van der Waals surface area (Å²) in [5, 5.41) is 3.40. The lowest BCUT2D eigenvalue weighted by Gasteiger charge is -2.36. The van der Waals surface area contributed by atoms with Gasteiger partial charge in [-0.05, 0) is 49.3 Å². The maximum atomic E-state index is 13.8. The molecule has 3 aliphatic rings. The Morgan fingerprint density at radius 1 is 1.15 bits per heavy atom. The molecule has 3 aliphatic heterocycles. The van der Waals surface area contributed by atoms with Crippen molar-refractivity contribution >= 4 is 17.1 Å². The zero-order chi connectivity index (χ0) is 24.0. The van der Waals surface area contributed by atoms with Crippen LogP contribution >= 0.6 is 0 Å². The number of allylic oxidation sites excluding steroid dienone is 6. The van der Waals surface area contributed by atoms with Gasteiger partial charge < -0.3 is 14.6 Å². The predicted molar refractivity (Wildman–Crippen MR) is 123 cm³/mol. The summed E-state index contributed by atoms with van der Waals surface area (Å²) in [5.41, 5.74) is 1.78. The van der Waals surface area contributed by atoms with Crippen molar-refractivity contribution < 1.29 is 18.0 Å². The van der Waals surface area contributed by atoms with Gasteiger partial charge in [0.25, 0.3) is 5.91 Å². The number of pyridine rings is 1. The summed E-state index contributed by atoms with van der Waals surface area (Å²) in [6, 6.07) is 1.39. The largest absolute Gasteiger partial charge is 0.420 e. The van der Waals surface area contributed by atoms with E-state index >= 15 is 0 Å². The molecule has 2 aromatic heterocycles. The normalized spacial score (nSPS) is 25.1. The molecule has 1 saturated heterocycles. The quantitative estimate of drug-likeness (QED) is 0.725. The highest BCUT2D eigenvalue weighted by Crippen LogP contribution is 2.35. The number of aromatic nitrogens is 2. The molecule has 1 amide bonds. The Balaban J connectivity index is 1.53. The lowest BCUT2D eigenvalue weighted by molar-refractivity contribution is -0.136. The number of nitrogens with one attached hydrogen (secondary N) is 1. The first-order valence-electron chi connectivity index (χ1n) is 11.1. The summed E-state index contributed by atoms with van der Waals surface area (Å²) in [4.78, 5) is 21.0. The highest BCUT2D eigenvalue weighted by molar-refractivity contribution is 6.00. The zero-order valence-corrected chi connectivity index (χ0v) is 18.8. The number of carbonyl (C=O) groups is 1. The Morgan fingerprint density at radius 2 is 1.94 bits per heavy atom. The van der Waals surface area contributed by atoms with Crippen LogP contribution in [0.15, 0.2) is 72.5 Å². The van der Waals surface area contributed by atoms with E-state index in [0.29, 0.717) is 23.0 Å². The molecular weight excluding hydrogens is 443 g/mol. The molecule has 5 heterocycles. The fourth-order valence-electron chi connectivity index (χ4n) is 4.45. The van der Waals surface area contributed by atoms with Crippen LogP contribution in [0.2, 0.25) is 0 Å². The third kappa shape index (κ3) is 4.19. The van der Waals surface area contributed by atoms with Crippen LogP contribution < -0.4 is 5.32 Å². The molecule has 34 heavy (non-hydrogen) atoms. The fourth-order valence-corrected chi connectivity index (χ4v) is 4.45. The molecule has 5 rings (SSSR count). The molecule has 2 aromatic rings. The molecule has 0 spiro atoms. The third-order valence-corrected chi connectivity index (χ3v) is 6.07. The van der Waals surface area contributed by atoms with Crippen LogP contribution in [-0.2, 0) is 11.0 Å². The first kappa shape index (κ1) is 22.2. The first-order chi connectivity index (χ1) is 16.2. The second-order valence-electron chi connectivity index (χ2n) is 8.70. The van der Waals surface area contributed by atoms with Crippen molar-refractivity contribution in [3.05, 3.63) is 89.3 Å². The van der Waals surface area contributed by atoms with Crippen molar-refractivity contribution in [2.45, 2.75) is 26.1 Å². The van der Waals surface area contributed by atoms with E-state index in [9.17, 15) is 18.0 Å². The highest BCUT2D eigenvalue weighted by atomic mass is 19.4. The molecule has 9 heteroatoms. The Hall–Kier alpha value is -3.59. The number of rotatable bonds is 2. The number of carbonyl (C=O) groups excluding carboxylic acids is 1. The maximum absolute atomic E-state index is 13.8. The Kier molecular flexibility index (Phi) is 5.44. The second-order valence-corrected chi connectivity index (χ2v) is 8.70. The van der Waals surface area contributed by atoms with E-state index in [4.69, 9.17) is 0 Å². The maximum Gasteiger partial charge on any atom is 0.420 e. The number of alkyl halides is 3. The zero-order valence-electron chi connectivity index (χ0n) is 18.8. The molecule has 1 atom stereocenters. The van der Waals surface area contributed by atoms with E-state index < -0.39 is 11.7 Å². The number of imidazole rings is 1. The smallest absolute Gasteiger partial charge is 0.368 e. The standard InChI is InChI=1S/C25H24F3N5O/c1-16-12-31(9-8-29-16)21-7-6-20-5-3-4-18(11-23(34)33(20)15-21)19-10-22(25(26,27)28)24-30-17(2)13-32(24)14-19/h3-7,10-11,13-16,29H,8-9,12H2,1-2H3/b4-3+,18-11+,20-5+/t16-/m0/s1. The van der Waals surface area contributed by atoms with Gasteiger partial charge in [-0.1, -0.05) is 12.2 Å². The van der Waals surface area contributed by atoms with Gasteiger partial charge in [-0.2, -0.15) is 13.2 Å². The van der Waals surface area contributed by atoms with Gasteiger partial charge in [0.1, 0.15) is 5.65 Å². The van der Waals surface area contributed by atoms with Crippen LogP contribution in [0.5, 0.6) is 0 Å². The molecule has 0 aliphatic carbocycles. The molecule has 0 unspecified atom stereocenters. The number of hydrogen-bond donors (Lipinski definition) is 1. The van der Waals surface area contributed by atoms with E-state index in [1.165, 1.54) is 15.4 Å². The molecule has 1 fully saturated rings. The van der Waals surface area contributed by atoms with Crippen molar-refractivity contribution in [1.82, 2.24) is 24.5 Å². The molecule has 0 saturated carbocycles. The average molecular weight is 467 g/mol. The van der Waals surface area contributed by atoms with E-state index in [1.54, 1.807) is 43.7 Å². The van der Waals surface area contributed by atoms with Gasteiger partial charge in [-0.15, -0.1) is 0 Å². The molecule has 0 radical (unpaired) electrons. The lowest BCUT2D eigenvalue weighted by Crippen LogP contribution is -2.48. The first-order valence-corrected chi connectivity index (χ1v) is 11.1. The number of nitrogens with zero attached hydrogens (tertiary/aromatic N) is 4. The topological polar surface area (TPSA) is 52.9 Å². The van der Waals surface area contributed by atoms with Gasteiger partial charge in [0.05, 0.1) is 17.0 Å². The van der Waals surface area contributed by atoms with Crippen LogP contribution in [-0.4, -0.2) is 50.8 Å². The summed E-state index contributed by atoms with van der Waals surface area (Å²) in [5.74, 6) is -0.328. The van der Waals surface area contributed by atoms with Crippen LogP contribution in [0.4, 0.5) is 13.2 Å². The van der Waals surface area contributed by atoms with Gasteiger partial charge in [-0.25, -0.2) is 4.98 Å². The monoisotopic (exact) mass is 467 g/mol. The molecule has 0 bridgehead atoms. The minimum atomic E-state index is -4.58. The summed E-state index contributed by atoms with van der Waals surface area (Å²) in [6.07, 6.45) is 10.7. The van der Waals surface area contributed by atoms with E-state index in [0.717, 1.165) is 31.4 Å². The molecular formula is C25H24F3N5O. The second kappa shape index (κ2) is 8.32.